The molecule has 1 aromatic heterocycles. The number of hydrogen-bond donors (Lipinski definition) is 1. The van der Waals surface area contributed by atoms with Crippen LogP contribution in [0.4, 0.5) is 5.69 Å². The molecule has 112 valence electrons. The first-order valence-corrected chi connectivity index (χ1v) is 8.58. The van der Waals surface area contributed by atoms with Crippen LogP contribution in [0.1, 0.15) is 37.8 Å². The van der Waals surface area contributed by atoms with Gasteiger partial charge in [0.25, 0.3) is 0 Å². The summed E-state index contributed by atoms with van der Waals surface area (Å²) < 4.78 is 0.812. The van der Waals surface area contributed by atoms with Crippen LogP contribution in [0.25, 0.3) is 0 Å². The van der Waals surface area contributed by atoms with Gasteiger partial charge in [0.15, 0.2) is 4.34 Å². The lowest BCUT2D eigenvalue weighted by Crippen LogP contribution is -2.23. The number of nitrogens with zero attached hydrogens (tertiary/aromatic N) is 2. The van der Waals surface area contributed by atoms with Crippen molar-refractivity contribution in [3.8, 4) is 0 Å². The highest BCUT2D eigenvalue weighted by Gasteiger charge is 2.19. The second-order valence-corrected chi connectivity index (χ2v) is 7.57. The van der Waals surface area contributed by atoms with Gasteiger partial charge in [0.2, 0.25) is 5.91 Å². The third kappa shape index (κ3) is 4.04. The molecule has 0 aliphatic carbocycles. The SMILES string of the molecule is Cc1cccc(C(C)C)c1NC(=O)[C@@H](C)Sc1nncs1. The molecule has 0 spiro atoms. The molecule has 0 bridgehead atoms. The van der Waals surface area contributed by atoms with Gasteiger partial charge in [-0.3, -0.25) is 4.79 Å². The van der Waals surface area contributed by atoms with Gasteiger partial charge in [0.1, 0.15) is 5.51 Å². The number of rotatable bonds is 5. The van der Waals surface area contributed by atoms with Gasteiger partial charge in [-0.05, 0) is 30.9 Å². The fourth-order valence-electron chi connectivity index (χ4n) is 1.99. The molecule has 0 saturated heterocycles. The van der Waals surface area contributed by atoms with Gasteiger partial charge in [-0.25, -0.2) is 0 Å². The zero-order valence-corrected chi connectivity index (χ0v) is 14.2. The first-order chi connectivity index (χ1) is 9.99. The van der Waals surface area contributed by atoms with Crippen LogP contribution in [0.3, 0.4) is 0 Å². The maximum Gasteiger partial charge on any atom is 0.237 e. The van der Waals surface area contributed by atoms with Crippen LogP contribution in [-0.4, -0.2) is 21.4 Å². The van der Waals surface area contributed by atoms with E-state index in [0.29, 0.717) is 5.92 Å². The highest BCUT2D eigenvalue weighted by atomic mass is 32.2. The minimum Gasteiger partial charge on any atom is -0.325 e. The number of para-hydroxylation sites is 1. The molecule has 1 amide bonds. The molecule has 1 N–H and O–H groups in total. The van der Waals surface area contributed by atoms with Crippen LogP contribution >= 0.6 is 23.1 Å². The fraction of sp³-hybridized carbons (Fsp3) is 0.400. The maximum absolute atomic E-state index is 12.4. The zero-order valence-electron chi connectivity index (χ0n) is 12.6. The Morgan fingerprint density at radius 3 is 2.71 bits per heavy atom. The molecule has 1 heterocycles. The van der Waals surface area contributed by atoms with E-state index in [9.17, 15) is 4.79 Å². The quantitative estimate of drug-likeness (QED) is 0.843. The maximum atomic E-state index is 12.4. The van der Waals surface area contributed by atoms with Gasteiger partial charge >= 0.3 is 0 Å². The molecule has 1 atom stereocenters. The van der Waals surface area contributed by atoms with E-state index in [1.54, 1.807) is 5.51 Å². The van der Waals surface area contributed by atoms with E-state index in [-0.39, 0.29) is 11.2 Å². The molecule has 2 aromatic rings. The van der Waals surface area contributed by atoms with Crippen molar-refractivity contribution in [2.75, 3.05) is 5.32 Å². The average molecular weight is 321 g/mol. The van der Waals surface area contributed by atoms with E-state index in [0.717, 1.165) is 21.2 Å². The molecule has 2 rings (SSSR count). The molecule has 21 heavy (non-hydrogen) atoms. The minimum atomic E-state index is -0.211. The van der Waals surface area contributed by atoms with Gasteiger partial charge < -0.3 is 5.32 Å². The summed E-state index contributed by atoms with van der Waals surface area (Å²) in [4.78, 5) is 12.4. The lowest BCUT2D eigenvalue weighted by Gasteiger charge is -2.18. The summed E-state index contributed by atoms with van der Waals surface area (Å²) in [6.07, 6.45) is 0. The van der Waals surface area contributed by atoms with Gasteiger partial charge in [-0.15, -0.1) is 10.2 Å². The number of nitrogens with one attached hydrogen (secondary N) is 1. The number of aryl methyl sites for hydroxylation is 1. The number of anilines is 1. The number of benzene rings is 1. The van der Waals surface area contributed by atoms with Crippen molar-refractivity contribution in [2.45, 2.75) is 43.2 Å². The van der Waals surface area contributed by atoms with E-state index >= 15 is 0 Å². The van der Waals surface area contributed by atoms with Gasteiger partial charge in [0.05, 0.1) is 5.25 Å². The molecular formula is C15H19N3OS2. The van der Waals surface area contributed by atoms with Crippen LogP contribution in [0.5, 0.6) is 0 Å². The molecule has 0 aliphatic rings. The Bertz CT molecular complexity index is 611. The van der Waals surface area contributed by atoms with Crippen LogP contribution in [0, 0.1) is 6.92 Å². The molecule has 0 saturated carbocycles. The third-order valence-electron chi connectivity index (χ3n) is 3.16. The Morgan fingerprint density at radius 2 is 2.10 bits per heavy atom. The molecule has 0 fully saturated rings. The Labute approximate surface area is 133 Å². The molecule has 4 nitrogen and oxygen atoms in total. The average Bonchev–Trinajstić information content (AvgIpc) is 2.93. The third-order valence-corrected chi connectivity index (χ3v) is 5.07. The normalized spacial score (nSPS) is 12.4. The lowest BCUT2D eigenvalue weighted by atomic mass is 9.98. The molecule has 0 aliphatic heterocycles. The highest BCUT2D eigenvalue weighted by molar-refractivity contribution is 8.02. The largest absolute Gasteiger partial charge is 0.325 e. The summed E-state index contributed by atoms with van der Waals surface area (Å²) in [7, 11) is 0. The lowest BCUT2D eigenvalue weighted by molar-refractivity contribution is -0.115. The minimum absolute atomic E-state index is 0.00796. The van der Waals surface area contributed by atoms with Crippen LogP contribution in [0.2, 0.25) is 0 Å². The van der Waals surface area contributed by atoms with E-state index in [4.69, 9.17) is 0 Å². The van der Waals surface area contributed by atoms with Crippen molar-refractivity contribution >= 4 is 34.7 Å². The molecule has 6 heteroatoms. The number of aromatic nitrogens is 2. The Kier molecular flexibility index (Phi) is 5.36. The first-order valence-electron chi connectivity index (χ1n) is 6.82. The molecule has 1 aromatic carbocycles. The van der Waals surface area contributed by atoms with Crippen molar-refractivity contribution in [2.24, 2.45) is 0 Å². The van der Waals surface area contributed by atoms with Crippen molar-refractivity contribution < 1.29 is 4.79 Å². The summed E-state index contributed by atoms with van der Waals surface area (Å²) in [5.41, 5.74) is 4.85. The smallest absolute Gasteiger partial charge is 0.237 e. The number of carbonyl (C=O) groups is 1. The Balaban J connectivity index is 2.12. The summed E-state index contributed by atoms with van der Waals surface area (Å²) in [5.74, 6) is 0.359. The summed E-state index contributed by atoms with van der Waals surface area (Å²) in [6, 6.07) is 6.11. The zero-order chi connectivity index (χ0) is 15.4. The standard InChI is InChI=1S/C15H19N3OS2/c1-9(2)12-7-5-6-10(3)13(12)17-14(19)11(4)21-15-18-16-8-20-15/h5-9,11H,1-4H3,(H,17,19)/t11-/m1/s1. The number of thioether (sulfide) groups is 1. The monoisotopic (exact) mass is 321 g/mol. The number of hydrogen-bond acceptors (Lipinski definition) is 5. The second kappa shape index (κ2) is 7.04. The molecule has 0 radical (unpaired) electrons. The van der Waals surface area contributed by atoms with Crippen molar-refractivity contribution in [1.82, 2.24) is 10.2 Å². The summed E-state index contributed by atoms with van der Waals surface area (Å²) >= 11 is 2.88. The van der Waals surface area contributed by atoms with Crippen LogP contribution in [0.15, 0.2) is 28.0 Å². The van der Waals surface area contributed by atoms with E-state index in [2.05, 4.69) is 35.4 Å². The Hall–Kier alpha value is -1.40. The van der Waals surface area contributed by atoms with Crippen LogP contribution < -0.4 is 5.32 Å². The molecule has 0 unspecified atom stereocenters. The number of amides is 1. The summed E-state index contributed by atoms with van der Waals surface area (Å²) in [5, 5.41) is 10.6. The van der Waals surface area contributed by atoms with Crippen molar-refractivity contribution in [3.05, 3.63) is 34.8 Å². The van der Waals surface area contributed by atoms with Crippen LogP contribution in [-0.2, 0) is 4.79 Å². The van der Waals surface area contributed by atoms with Gasteiger partial charge in [-0.2, -0.15) is 0 Å². The van der Waals surface area contributed by atoms with E-state index in [1.807, 2.05) is 26.0 Å². The fourth-order valence-corrected chi connectivity index (χ4v) is 3.61. The predicted octanol–water partition coefficient (Wildman–Crippen LogP) is 4.09. The topological polar surface area (TPSA) is 54.9 Å². The number of carbonyl (C=O) groups excluding carboxylic acids is 1. The molecular weight excluding hydrogens is 302 g/mol. The van der Waals surface area contributed by atoms with E-state index < -0.39 is 0 Å². The summed E-state index contributed by atoms with van der Waals surface area (Å²) in [6.45, 7) is 8.16. The Morgan fingerprint density at radius 1 is 1.33 bits per heavy atom. The van der Waals surface area contributed by atoms with Gasteiger partial charge in [-0.1, -0.05) is 55.1 Å². The first kappa shape index (κ1) is 16.0. The second-order valence-electron chi connectivity index (χ2n) is 5.15. The van der Waals surface area contributed by atoms with Crippen molar-refractivity contribution in [1.29, 1.82) is 0 Å². The van der Waals surface area contributed by atoms with E-state index in [1.165, 1.54) is 23.1 Å². The predicted molar refractivity (Wildman–Crippen MR) is 89.1 cm³/mol. The van der Waals surface area contributed by atoms with Crippen molar-refractivity contribution in [3.63, 3.8) is 0 Å². The highest BCUT2D eigenvalue weighted by Crippen LogP contribution is 2.29. The van der Waals surface area contributed by atoms with Gasteiger partial charge in [0, 0.05) is 5.69 Å².